The number of aromatic nitrogens is 3. The molecule has 2 aromatic heterocycles. The van der Waals surface area contributed by atoms with Crippen molar-refractivity contribution in [3.63, 3.8) is 0 Å². The minimum Gasteiger partial charge on any atom is -0.387 e. The Morgan fingerprint density at radius 1 is 1.05 bits per heavy atom. The maximum Gasteiger partial charge on any atom is 0.261 e. The fourth-order valence-electron chi connectivity index (χ4n) is 6.06. The average molecular weight is 602 g/mol. The first-order valence-corrected chi connectivity index (χ1v) is 15.0. The lowest BCUT2D eigenvalue weighted by molar-refractivity contribution is -0.118. The van der Waals surface area contributed by atoms with Crippen molar-refractivity contribution in [3.8, 4) is 11.4 Å². The standard InChI is InChI=1S/C32H32ClN5O5/c33-20-7-2-6-19(14-20)27(40)17-35-24-11-12-34-30(41)28(24)29-36-25-15-22-23(16-26(25)37-29)32(43)38(31(22)42)13-3-5-18-4-1-8-21(39)10-9-18/h2,6-7,11-12,14-16,18,27,40H,1,3-5,8-10,13,17H2,(H,36,37)(H2,34,35,41)/t18?,27-/m1/s1. The zero-order chi connectivity index (χ0) is 30.1. The molecule has 4 N–H and O–H groups in total. The van der Waals surface area contributed by atoms with Gasteiger partial charge in [0.15, 0.2) is 0 Å². The molecule has 1 saturated carbocycles. The van der Waals surface area contributed by atoms with E-state index in [0.29, 0.717) is 75.9 Å². The van der Waals surface area contributed by atoms with Crippen LogP contribution in [0.5, 0.6) is 0 Å². The number of imide groups is 1. The van der Waals surface area contributed by atoms with Gasteiger partial charge in [-0.05, 0) is 67.5 Å². The smallest absolute Gasteiger partial charge is 0.261 e. The molecule has 3 heterocycles. The van der Waals surface area contributed by atoms with Crippen molar-refractivity contribution in [1.82, 2.24) is 19.9 Å². The molecule has 222 valence electrons. The molecule has 2 amide bonds. The van der Waals surface area contributed by atoms with Crippen LogP contribution in [0.25, 0.3) is 22.4 Å². The van der Waals surface area contributed by atoms with Gasteiger partial charge in [0.2, 0.25) is 0 Å². The lowest BCUT2D eigenvalue weighted by atomic mass is 9.95. The van der Waals surface area contributed by atoms with Crippen LogP contribution >= 0.6 is 11.6 Å². The fourth-order valence-corrected chi connectivity index (χ4v) is 6.26. The SMILES string of the molecule is O=C1CCCC(CCCN2C(=O)c3cc4nc(-c5c(NC[C@@H](O)c6cccc(Cl)c6)cc[nH]c5=O)[nH]c4cc3C2=O)CC1. The maximum atomic E-state index is 13.2. The summed E-state index contributed by atoms with van der Waals surface area (Å²) < 4.78 is 0. The van der Waals surface area contributed by atoms with Gasteiger partial charge in [-0.1, -0.05) is 30.2 Å². The van der Waals surface area contributed by atoms with Crippen molar-refractivity contribution in [2.45, 2.75) is 51.0 Å². The molecule has 2 aromatic carbocycles. The highest BCUT2D eigenvalue weighted by Crippen LogP contribution is 2.31. The van der Waals surface area contributed by atoms with E-state index in [9.17, 15) is 24.3 Å². The number of aromatic amines is 2. The van der Waals surface area contributed by atoms with Crippen LogP contribution in [-0.2, 0) is 4.79 Å². The number of pyridine rings is 1. The lowest BCUT2D eigenvalue weighted by Crippen LogP contribution is -2.31. The van der Waals surface area contributed by atoms with Gasteiger partial charge in [-0.25, -0.2) is 4.98 Å². The number of hydrogen-bond donors (Lipinski definition) is 4. The number of anilines is 1. The van der Waals surface area contributed by atoms with Crippen molar-refractivity contribution < 1.29 is 19.5 Å². The van der Waals surface area contributed by atoms with Crippen LogP contribution in [0.3, 0.4) is 0 Å². The van der Waals surface area contributed by atoms with Crippen molar-refractivity contribution in [2.75, 3.05) is 18.4 Å². The summed E-state index contributed by atoms with van der Waals surface area (Å²) in [5.41, 5.74) is 2.49. The average Bonchev–Trinajstić information content (AvgIpc) is 3.41. The second-order valence-electron chi connectivity index (χ2n) is 11.3. The summed E-state index contributed by atoms with van der Waals surface area (Å²) in [4.78, 5) is 62.8. The number of H-pyrrole nitrogens is 2. The molecule has 1 fully saturated rings. The first kappa shape index (κ1) is 28.8. The Labute approximate surface area is 252 Å². The van der Waals surface area contributed by atoms with Crippen LogP contribution < -0.4 is 10.9 Å². The Kier molecular flexibility index (Phi) is 8.14. The van der Waals surface area contributed by atoms with Crippen LogP contribution in [0.2, 0.25) is 5.02 Å². The fraction of sp³-hybridized carbons (Fsp3) is 0.344. The molecule has 4 aromatic rings. The van der Waals surface area contributed by atoms with Crippen LogP contribution in [0.4, 0.5) is 5.69 Å². The summed E-state index contributed by atoms with van der Waals surface area (Å²) in [5, 5.41) is 14.3. The highest BCUT2D eigenvalue weighted by atomic mass is 35.5. The molecule has 2 atom stereocenters. The second kappa shape index (κ2) is 12.1. The van der Waals surface area contributed by atoms with Crippen molar-refractivity contribution in [1.29, 1.82) is 0 Å². The molecule has 0 saturated heterocycles. The number of halogens is 1. The Hall–Kier alpha value is -4.28. The third kappa shape index (κ3) is 5.98. The number of aliphatic hydroxyl groups is 1. The number of carbonyl (C=O) groups excluding carboxylic acids is 3. The molecule has 1 aliphatic heterocycles. The van der Waals surface area contributed by atoms with E-state index >= 15 is 0 Å². The number of nitrogens with zero attached hydrogens (tertiary/aromatic N) is 2. The lowest BCUT2D eigenvalue weighted by Gasteiger charge is -2.17. The van der Waals surface area contributed by atoms with Crippen molar-refractivity contribution in [2.24, 2.45) is 5.92 Å². The molecule has 6 rings (SSSR count). The van der Waals surface area contributed by atoms with Gasteiger partial charge in [0.25, 0.3) is 17.4 Å². The number of hydrogen-bond acceptors (Lipinski definition) is 7. The van der Waals surface area contributed by atoms with Crippen molar-refractivity contribution in [3.05, 3.63) is 80.7 Å². The summed E-state index contributed by atoms with van der Waals surface area (Å²) in [6.45, 7) is 0.446. The Morgan fingerprint density at radius 2 is 1.86 bits per heavy atom. The van der Waals surface area contributed by atoms with Gasteiger partial charge in [0.1, 0.15) is 17.2 Å². The minimum absolute atomic E-state index is 0.114. The molecule has 0 spiro atoms. The number of imidazole rings is 1. The van der Waals surface area contributed by atoms with E-state index in [-0.39, 0.29) is 29.7 Å². The molecule has 1 aliphatic carbocycles. The quantitative estimate of drug-likeness (QED) is 0.151. The van der Waals surface area contributed by atoms with Crippen molar-refractivity contribution >= 4 is 45.9 Å². The summed E-state index contributed by atoms with van der Waals surface area (Å²) in [6, 6.07) is 11.8. The van der Waals surface area contributed by atoms with E-state index < -0.39 is 11.7 Å². The predicted octanol–water partition coefficient (Wildman–Crippen LogP) is 5.24. The number of ketones is 1. The molecular weight excluding hydrogens is 570 g/mol. The Morgan fingerprint density at radius 3 is 2.67 bits per heavy atom. The summed E-state index contributed by atoms with van der Waals surface area (Å²) >= 11 is 6.05. The predicted molar refractivity (Wildman–Crippen MR) is 163 cm³/mol. The monoisotopic (exact) mass is 601 g/mol. The van der Waals surface area contributed by atoms with E-state index in [1.807, 2.05) is 0 Å². The van der Waals surface area contributed by atoms with Gasteiger partial charge in [-0.3, -0.25) is 24.1 Å². The normalized spacial score (nSPS) is 17.8. The molecule has 10 nitrogen and oxygen atoms in total. The highest BCUT2D eigenvalue weighted by molar-refractivity contribution is 6.30. The van der Waals surface area contributed by atoms with Gasteiger partial charge < -0.3 is 20.4 Å². The third-order valence-corrected chi connectivity index (χ3v) is 8.62. The summed E-state index contributed by atoms with van der Waals surface area (Å²) in [7, 11) is 0. The first-order chi connectivity index (χ1) is 20.8. The van der Waals surface area contributed by atoms with Crippen LogP contribution in [0.15, 0.2) is 53.5 Å². The zero-order valence-electron chi connectivity index (χ0n) is 23.5. The molecule has 11 heteroatoms. The van der Waals surface area contributed by atoms with Gasteiger partial charge in [-0.15, -0.1) is 0 Å². The number of benzene rings is 2. The summed E-state index contributed by atoms with van der Waals surface area (Å²) in [5.74, 6) is 0.343. The Balaban J connectivity index is 1.18. The zero-order valence-corrected chi connectivity index (χ0v) is 24.2. The topological polar surface area (TPSA) is 148 Å². The Bertz CT molecular complexity index is 1730. The van der Waals surface area contributed by atoms with Crippen LogP contribution in [0.1, 0.15) is 77.3 Å². The first-order valence-electron chi connectivity index (χ1n) is 14.6. The van der Waals surface area contributed by atoms with Gasteiger partial charge in [0.05, 0.1) is 34.0 Å². The van der Waals surface area contributed by atoms with E-state index in [4.69, 9.17) is 11.6 Å². The number of nitrogens with one attached hydrogen (secondary N) is 3. The maximum absolute atomic E-state index is 13.2. The number of Topliss-reactive ketones (excluding diaryl/α,β-unsaturated/α-hetero) is 1. The summed E-state index contributed by atoms with van der Waals surface area (Å²) in [6.07, 6.45) is 6.28. The van der Waals surface area contributed by atoms with E-state index in [1.165, 1.54) is 11.1 Å². The highest BCUT2D eigenvalue weighted by Gasteiger charge is 2.36. The van der Waals surface area contributed by atoms with E-state index in [1.54, 1.807) is 42.5 Å². The third-order valence-electron chi connectivity index (χ3n) is 8.38. The number of amides is 2. The molecule has 0 radical (unpaired) electrons. The molecule has 43 heavy (non-hydrogen) atoms. The number of fused-ring (bicyclic) bond motifs is 2. The molecule has 2 aliphatic rings. The van der Waals surface area contributed by atoms with Gasteiger partial charge in [-0.2, -0.15) is 0 Å². The molecular formula is C32H32ClN5O5. The van der Waals surface area contributed by atoms with Crippen LogP contribution in [-0.4, -0.2) is 55.6 Å². The molecule has 1 unspecified atom stereocenters. The largest absolute Gasteiger partial charge is 0.387 e. The van der Waals surface area contributed by atoms with E-state index in [0.717, 1.165) is 25.7 Å². The minimum atomic E-state index is -0.874. The van der Waals surface area contributed by atoms with Crippen LogP contribution in [0, 0.1) is 5.92 Å². The van der Waals surface area contributed by atoms with E-state index in [2.05, 4.69) is 20.3 Å². The van der Waals surface area contributed by atoms with Gasteiger partial charge >= 0.3 is 0 Å². The molecule has 0 bridgehead atoms. The number of aliphatic hydroxyl groups excluding tert-OH is 1. The van der Waals surface area contributed by atoms with Gasteiger partial charge in [0, 0.05) is 37.2 Å². The number of carbonyl (C=O) groups is 3. The number of rotatable bonds is 9. The second-order valence-corrected chi connectivity index (χ2v) is 11.7.